The van der Waals surface area contributed by atoms with Crippen LogP contribution in [0.5, 0.6) is 0 Å². The predicted molar refractivity (Wildman–Crippen MR) is 63.6 cm³/mol. The molecule has 0 aliphatic heterocycles. The van der Waals surface area contributed by atoms with E-state index in [1.54, 1.807) is 0 Å². The Hall–Kier alpha value is -0.830. The van der Waals surface area contributed by atoms with Gasteiger partial charge in [-0.3, -0.25) is 0 Å². The molecule has 1 aromatic rings. The summed E-state index contributed by atoms with van der Waals surface area (Å²) in [6.07, 6.45) is 8.19. The summed E-state index contributed by atoms with van der Waals surface area (Å²) in [5, 5.41) is 0. The topological polar surface area (TPSA) is 43.8 Å². The summed E-state index contributed by atoms with van der Waals surface area (Å²) in [4.78, 5) is 4.29. The van der Waals surface area contributed by atoms with E-state index in [0.717, 1.165) is 31.0 Å². The smallest absolute Gasteiger partial charge is 0.108 e. The number of imidazole rings is 1. The molecule has 0 fully saturated rings. The minimum Gasteiger partial charge on any atom is -0.338 e. The standard InChI is InChI=1S/C12H23N3/c1-4-10(2)9-11(13)5-6-12-14-7-8-15(12)3/h7-8,10-11H,4-6,9,13H2,1-3H3. The number of nitrogens with two attached hydrogens (primary N) is 1. The van der Waals surface area contributed by atoms with Crippen molar-refractivity contribution in [3.05, 3.63) is 18.2 Å². The summed E-state index contributed by atoms with van der Waals surface area (Å²) in [7, 11) is 2.03. The van der Waals surface area contributed by atoms with Crippen LogP contribution >= 0.6 is 0 Å². The van der Waals surface area contributed by atoms with E-state index in [4.69, 9.17) is 5.73 Å². The number of nitrogens with zero attached hydrogens (tertiary/aromatic N) is 2. The zero-order valence-electron chi connectivity index (χ0n) is 10.1. The predicted octanol–water partition coefficient (Wildman–Crippen LogP) is 2.12. The number of rotatable bonds is 6. The largest absolute Gasteiger partial charge is 0.338 e. The molecule has 0 bridgehead atoms. The molecule has 1 aromatic heterocycles. The lowest BCUT2D eigenvalue weighted by Crippen LogP contribution is -2.23. The van der Waals surface area contributed by atoms with Crippen molar-refractivity contribution >= 4 is 0 Å². The Morgan fingerprint density at radius 2 is 2.27 bits per heavy atom. The molecule has 1 heterocycles. The molecule has 0 saturated carbocycles. The highest BCUT2D eigenvalue weighted by atomic mass is 15.0. The SMILES string of the molecule is CCC(C)CC(N)CCc1nccn1C. The lowest BCUT2D eigenvalue weighted by atomic mass is 9.97. The number of hydrogen-bond acceptors (Lipinski definition) is 2. The van der Waals surface area contributed by atoms with Crippen LogP contribution in [0.15, 0.2) is 12.4 Å². The molecule has 2 unspecified atom stereocenters. The maximum atomic E-state index is 6.08. The summed E-state index contributed by atoms with van der Waals surface area (Å²) in [6, 6.07) is 0.316. The van der Waals surface area contributed by atoms with Gasteiger partial charge >= 0.3 is 0 Å². The van der Waals surface area contributed by atoms with Gasteiger partial charge in [-0.15, -0.1) is 0 Å². The Morgan fingerprint density at radius 1 is 1.53 bits per heavy atom. The van der Waals surface area contributed by atoms with Crippen LogP contribution < -0.4 is 5.73 Å². The lowest BCUT2D eigenvalue weighted by Gasteiger charge is -2.15. The lowest BCUT2D eigenvalue weighted by molar-refractivity contribution is 0.433. The third-order valence-electron chi connectivity index (χ3n) is 3.06. The summed E-state index contributed by atoms with van der Waals surface area (Å²) >= 11 is 0. The highest BCUT2D eigenvalue weighted by Crippen LogP contribution is 2.12. The molecule has 0 radical (unpaired) electrons. The Kier molecular flexibility index (Phi) is 4.82. The fraction of sp³-hybridized carbons (Fsp3) is 0.750. The molecule has 0 aromatic carbocycles. The minimum atomic E-state index is 0.316. The first-order valence-corrected chi connectivity index (χ1v) is 5.85. The molecule has 0 saturated heterocycles. The Balaban J connectivity index is 2.28. The van der Waals surface area contributed by atoms with Crippen molar-refractivity contribution < 1.29 is 0 Å². The molecule has 3 heteroatoms. The molecule has 2 N–H and O–H groups in total. The van der Waals surface area contributed by atoms with Gasteiger partial charge in [0.1, 0.15) is 5.82 Å². The maximum Gasteiger partial charge on any atom is 0.108 e. The molecule has 0 spiro atoms. The second-order valence-electron chi connectivity index (χ2n) is 4.50. The van der Waals surface area contributed by atoms with Gasteiger partial charge in [-0.25, -0.2) is 4.98 Å². The highest BCUT2D eigenvalue weighted by molar-refractivity contribution is 4.91. The van der Waals surface area contributed by atoms with E-state index in [-0.39, 0.29) is 0 Å². The molecule has 0 aliphatic carbocycles. The second-order valence-corrected chi connectivity index (χ2v) is 4.50. The first-order valence-electron chi connectivity index (χ1n) is 5.85. The van der Waals surface area contributed by atoms with Crippen molar-refractivity contribution in [2.24, 2.45) is 18.7 Å². The molecule has 15 heavy (non-hydrogen) atoms. The zero-order valence-corrected chi connectivity index (χ0v) is 10.1. The summed E-state index contributed by atoms with van der Waals surface area (Å²) < 4.78 is 2.07. The van der Waals surface area contributed by atoms with Gasteiger partial charge < -0.3 is 10.3 Å². The maximum absolute atomic E-state index is 6.08. The van der Waals surface area contributed by atoms with Crippen LogP contribution in [0.4, 0.5) is 0 Å². The van der Waals surface area contributed by atoms with Crippen molar-refractivity contribution in [3.8, 4) is 0 Å². The number of aryl methyl sites for hydroxylation is 2. The van der Waals surface area contributed by atoms with Crippen LogP contribution in [0.3, 0.4) is 0 Å². The molecule has 0 aliphatic rings. The van der Waals surface area contributed by atoms with E-state index in [1.807, 2.05) is 19.4 Å². The van der Waals surface area contributed by atoms with Crippen LogP contribution in [0.1, 0.15) is 38.9 Å². The molecule has 2 atom stereocenters. The fourth-order valence-corrected chi connectivity index (χ4v) is 1.75. The van der Waals surface area contributed by atoms with E-state index in [2.05, 4.69) is 23.4 Å². The molecule has 3 nitrogen and oxygen atoms in total. The second kappa shape index (κ2) is 5.91. The van der Waals surface area contributed by atoms with Gasteiger partial charge in [0.15, 0.2) is 0 Å². The summed E-state index contributed by atoms with van der Waals surface area (Å²) in [6.45, 7) is 4.48. The van der Waals surface area contributed by atoms with Crippen molar-refractivity contribution in [1.29, 1.82) is 0 Å². The van der Waals surface area contributed by atoms with Gasteiger partial charge in [0.2, 0.25) is 0 Å². The molecular weight excluding hydrogens is 186 g/mol. The van der Waals surface area contributed by atoms with Crippen molar-refractivity contribution in [2.75, 3.05) is 0 Å². The van der Waals surface area contributed by atoms with Crippen molar-refractivity contribution in [1.82, 2.24) is 9.55 Å². The Morgan fingerprint density at radius 3 is 2.80 bits per heavy atom. The van der Waals surface area contributed by atoms with Gasteiger partial charge in [-0.1, -0.05) is 20.3 Å². The van der Waals surface area contributed by atoms with Gasteiger partial charge in [0.05, 0.1) is 0 Å². The third-order valence-corrected chi connectivity index (χ3v) is 3.06. The molecule has 0 amide bonds. The van der Waals surface area contributed by atoms with Gasteiger partial charge in [-0.05, 0) is 18.8 Å². The molecule has 86 valence electrons. The van der Waals surface area contributed by atoms with Crippen LogP contribution in [-0.2, 0) is 13.5 Å². The minimum absolute atomic E-state index is 0.316. The van der Waals surface area contributed by atoms with Crippen molar-refractivity contribution in [3.63, 3.8) is 0 Å². The highest BCUT2D eigenvalue weighted by Gasteiger charge is 2.09. The average molecular weight is 209 g/mol. The molecule has 1 rings (SSSR count). The normalized spacial score (nSPS) is 15.2. The first kappa shape index (κ1) is 12.2. The van der Waals surface area contributed by atoms with Crippen LogP contribution in [0.2, 0.25) is 0 Å². The van der Waals surface area contributed by atoms with E-state index in [0.29, 0.717) is 6.04 Å². The van der Waals surface area contributed by atoms with Crippen LogP contribution in [0, 0.1) is 5.92 Å². The quantitative estimate of drug-likeness (QED) is 0.780. The fourth-order valence-electron chi connectivity index (χ4n) is 1.75. The van der Waals surface area contributed by atoms with E-state index >= 15 is 0 Å². The monoisotopic (exact) mass is 209 g/mol. The van der Waals surface area contributed by atoms with E-state index in [9.17, 15) is 0 Å². The Labute approximate surface area is 92.7 Å². The van der Waals surface area contributed by atoms with Crippen LogP contribution in [0.25, 0.3) is 0 Å². The van der Waals surface area contributed by atoms with Gasteiger partial charge in [0, 0.05) is 31.9 Å². The van der Waals surface area contributed by atoms with Gasteiger partial charge in [0.25, 0.3) is 0 Å². The zero-order chi connectivity index (χ0) is 11.3. The average Bonchev–Trinajstić information content (AvgIpc) is 2.61. The van der Waals surface area contributed by atoms with Crippen molar-refractivity contribution in [2.45, 2.75) is 45.6 Å². The number of aromatic nitrogens is 2. The number of hydrogen-bond donors (Lipinski definition) is 1. The summed E-state index contributed by atoms with van der Waals surface area (Å²) in [5.41, 5.74) is 6.08. The van der Waals surface area contributed by atoms with Crippen LogP contribution in [-0.4, -0.2) is 15.6 Å². The van der Waals surface area contributed by atoms with E-state index < -0.39 is 0 Å². The van der Waals surface area contributed by atoms with Gasteiger partial charge in [-0.2, -0.15) is 0 Å². The Bertz CT molecular complexity index is 280. The first-order chi connectivity index (χ1) is 7.13. The van der Waals surface area contributed by atoms with E-state index in [1.165, 1.54) is 6.42 Å². The third kappa shape index (κ3) is 4.04. The summed E-state index contributed by atoms with van der Waals surface area (Å²) in [5.74, 6) is 1.87. The molecular formula is C12H23N3.